The molecule has 0 amide bonds. The van der Waals surface area contributed by atoms with Gasteiger partial charge in [-0.3, -0.25) is 4.98 Å². The molecule has 7 heteroatoms. The van der Waals surface area contributed by atoms with Crippen LogP contribution in [0.1, 0.15) is 5.56 Å². The van der Waals surface area contributed by atoms with Crippen LogP contribution in [0.15, 0.2) is 55.4 Å². The summed E-state index contributed by atoms with van der Waals surface area (Å²) >= 11 is 2.27. The Morgan fingerprint density at radius 1 is 1.13 bits per heavy atom. The predicted octanol–water partition coefficient (Wildman–Crippen LogP) is 2.66. The van der Waals surface area contributed by atoms with E-state index < -0.39 is 0 Å². The summed E-state index contributed by atoms with van der Waals surface area (Å²) < 4.78 is 4.74. The first-order chi connectivity index (χ1) is 11.2. The highest BCUT2D eigenvalue weighted by atomic mass is 127. The van der Waals surface area contributed by atoms with E-state index in [-0.39, 0.29) is 0 Å². The van der Waals surface area contributed by atoms with E-state index in [9.17, 15) is 0 Å². The van der Waals surface area contributed by atoms with Gasteiger partial charge in [0.25, 0.3) is 0 Å². The van der Waals surface area contributed by atoms with Crippen LogP contribution in [-0.4, -0.2) is 24.2 Å². The van der Waals surface area contributed by atoms with Crippen molar-refractivity contribution in [3.8, 4) is 11.4 Å². The molecule has 2 N–H and O–H groups in total. The summed E-state index contributed by atoms with van der Waals surface area (Å²) in [5.74, 6) is 6.94. The molecule has 0 saturated carbocycles. The molecule has 0 radical (unpaired) electrons. The quantitative estimate of drug-likeness (QED) is 0.412. The molecule has 6 nitrogen and oxygen atoms in total. The maximum Gasteiger partial charge on any atom is 0.160 e. The number of pyridine rings is 1. The highest BCUT2D eigenvalue weighted by molar-refractivity contribution is 14.1. The van der Waals surface area contributed by atoms with Gasteiger partial charge >= 0.3 is 0 Å². The molecule has 114 valence electrons. The molecule has 0 spiro atoms. The fourth-order valence-electron chi connectivity index (χ4n) is 2.56. The van der Waals surface area contributed by atoms with E-state index in [0.29, 0.717) is 12.4 Å². The molecule has 3 heterocycles. The normalized spacial score (nSPS) is 11.2. The number of halogens is 1. The SMILES string of the molecule is Nn1c(-c2cncc(Cn3ccnc3)c2)nc2ccc(I)cc21. The minimum Gasteiger partial charge on any atom is -0.337 e. The van der Waals surface area contributed by atoms with Crippen LogP contribution >= 0.6 is 22.6 Å². The van der Waals surface area contributed by atoms with Crippen LogP contribution in [0.3, 0.4) is 0 Å². The Bertz CT molecular complexity index is 974. The third-order valence-electron chi connectivity index (χ3n) is 3.63. The van der Waals surface area contributed by atoms with E-state index in [1.54, 1.807) is 23.4 Å². The molecule has 0 aliphatic heterocycles. The van der Waals surface area contributed by atoms with Crippen LogP contribution in [-0.2, 0) is 6.54 Å². The van der Waals surface area contributed by atoms with Gasteiger partial charge in [-0.15, -0.1) is 0 Å². The first kappa shape index (κ1) is 14.2. The van der Waals surface area contributed by atoms with Gasteiger partial charge in [-0.25, -0.2) is 14.6 Å². The van der Waals surface area contributed by atoms with Crippen LogP contribution in [0.25, 0.3) is 22.4 Å². The van der Waals surface area contributed by atoms with Gasteiger partial charge in [-0.2, -0.15) is 0 Å². The van der Waals surface area contributed by atoms with Gasteiger partial charge in [-0.05, 0) is 52.4 Å². The zero-order valence-electron chi connectivity index (χ0n) is 12.1. The highest BCUT2D eigenvalue weighted by Crippen LogP contribution is 2.24. The smallest absolute Gasteiger partial charge is 0.160 e. The Labute approximate surface area is 146 Å². The summed E-state index contributed by atoms with van der Waals surface area (Å²) in [6, 6.07) is 8.08. The number of nitrogen functional groups attached to an aromatic ring is 1. The minimum atomic E-state index is 0.710. The summed E-state index contributed by atoms with van der Waals surface area (Å²) in [6.45, 7) is 0.712. The van der Waals surface area contributed by atoms with Gasteiger partial charge in [0.1, 0.15) is 0 Å². The third kappa shape index (κ3) is 2.67. The molecule has 0 fully saturated rings. The third-order valence-corrected chi connectivity index (χ3v) is 4.30. The summed E-state index contributed by atoms with van der Waals surface area (Å²) in [7, 11) is 0. The molecule has 1 aromatic carbocycles. The predicted molar refractivity (Wildman–Crippen MR) is 97.2 cm³/mol. The van der Waals surface area contributed by atoms with Crippen molar-refractivity contribution in [1.82, 2.24) is 24.2 Å². The van der Waals surface area contributed by atoms with Crippen molar-refractivity contribution in [3.05, 3.63) is 64.5 Å². The monoisotopic (exact) mass is 416 g/mol. The zero-order valence-corrected chi connectivity index (χ0v) is 14.3. The van der Waals surface area contributed by atoms with E-state index in [4.69, 9.17) is 5.84 Å². The van der Waals surface area contributed by atoms with Crippen LogP contribution in [0.5, 0.6) is 0 Å². The van der Waals surface area contributed by atoms with Crippen molar-refractivity contribution in [3.63, 3.8) is 0 Å². The lowest BCUT2D eigenvalue weighted by atomic mass is 10.2. The van der Waals surface area contributed by atoms with Crippen molar-refractivity contribution < 1.29 is 0 Å². The Kier molecular flexibility index (Phi) is 3.49. The summed E-state index contributed by atoms with van der Waals surface area (Å²) in [5.41, 5.74) is 3.76. The van der Waals surface area contributed by atoms with Gasteiger partial charge in [0, 0.05) is 33.9 Å². The van der Waals surface area contributed by atoms with E-state index in [2.05, 4.69) is 43.6 Å². The van der Waals surface area contributed by atoms with Gasteiger partial charge in [0.15, 0.2) is 5.82 Å². The molecule has 0 aliphatic carbocycles. The van der Waals surface area contributed by atoms with Crippen molar-refractivity contribution in [2.75, 3.05) is 5.84 Å². The minimum absolute atomic E-state index is 0.710. The number of imidazole rings is 2. The number of fused-ring (bicyclic) bond motifs is 1. The van der Waals surface area contributed by atoms with Crippen molar-refractivity contribution in [2.45, 2.75) is 6.54 Å². The number of aromatic nitrogens is 5. The molecular formula is C16H13IN6. The number of nitrogens with zero attached hydrogens (tertiary/aromatic N) is 5. The first-order valence-corrected chi connectivity index (χ1v) is 8.12. The van der Waals surface area contributed by atoms with Crippen molar-refractivity contribution in [2.24, 2.45) is 0 Å². The Morgan fingerprint density at radius 3 is 2.87 bits per heavy atom. The topological polar surface area (TPSA) is 74.6 Å². The maximum atomic E-state index is 6.23. The van der Waals surface area contributed by atoms with Gasteiger partial charge in [0.05, 0.1) is 23.9 Å². The molecule has 3 aromatic heterocycles. The number of hydrogen-bond acceptors (Lipinski definition) is 4. The summed E-state index contributed by atoms with van der Waals surface area (Å²) in [4.78, 5) is 13.0. The number of rotatable bonds is 3. The Hall–Kier alpha value is -2.42. The van der Waals surface area contributed by atoms with Gasteiger partial charge in [-0.1, -0.05) is 0 Å². The lowest BCUT2D eigenvalue weighted by Crippen LogP contribution is -2.10. The molecule has 0 saturated heterocycles. The van der Waals surface area contributed by atoms with Gasteiger partial charge < -0.3 is 10.4 Å². The van der Waals surface area contributed by atoms with E-state index in [0.717, 1.165) is 25.7 Å². The van der Waals surface area contributed by atoms with Crippen molar-refractivity contribution >= 4 is 33.6 Å². The lowest BCUT2D eigenvalue weighted by Gasteiger charge is -2.06. The zero-order chi connectivity index (χ0) is 15.8. The fourth-order valence-corrected chi connectivity index (χ4v) is 3.03. The second-order valence-corrected chi connectivity index (χ2v) is 6.50. The molecule has 0 bridgehead atoms. The molecule has 0 unspecified atom stereocenters. The maximum absolute atomic E-state index is 6.23. The summed E-state index contributed by atoms with van der Waals surface area (Å²) in [5, 5.41) is 0. The Balaban J connectivity index is 1.77. The molecule has 0 atom stereocenters. The number of nitrogens with two attached hydrogens (primary N) is 1. The second kappa shape index (κ2) is 5.65. The molecule has 0 aliphatic rings. The van der Waals surface area contributed by atoms with Crippen LogP contribution in [0, 0.1) is 3.57 Å². The molecule has 23 heavy (non-hydrogen) atoms. The molecule has 4 rings (SSSR count). The number of benzene rings is 1. The first-order valence-electron chi connectivity index (χ1n) is 7.04. The molecule has 4 aromatic rings. The van der Waals surface area contributed by atoms with Crippen LogP contribution in [0.4, 0.5) is 0 Å². The van der Waals surface area contributed by atoms with Crippen LogP contribution < -0.4 is 5.84 Å². The van der Waals surface area contributed by atoms with E-state index in [1.165, 1.54) is 0 Å². The summed E-state index contributed by atoms with van der Waals surface area (Å²) in [6.07, 6.45) is 9.10. The van der Waals surface area contributed by atoms with E-state index >= 15 is 0 Å². The lowest BCUT2D eigenvalue weighted by molar-refractivity contribution is 0.793. The average molecular weight is 416 g/mol. The standard InChI is InChI=1S/C16H13IN6/c17-13-1-2-14-15(6-13)23(18)16(21-14)12-5-11(7-20-8-12)9-22-4-3-19-10-22/h1-8,10H,9,18H2. The van der Waals surface area contributed by atoms with Gasteiger partial charge in [0.2, 0.25) is 0 Å². The largest absolute Gasteiger partial charge is 0.337 e. The van der Waals surface area contributed by atoms with E-state index in [1.807, 2.05) is 35.2 Å². The average Bonchev–Trinajstić information content (AvgIpc) is 3.16. The highest BCUT2D eigenvalue weighted by Gasteiger charge is 2.12. The molecular weight excluding hydrogens is 403 g/mol. The fraction of sp³-hybridized carbons (Fsp3) is 0.0625. The second-order valence-electron chi connectivity index (χ2n) is 5.26. The number of hydrogen-bond donors (Lipinski definition) is 1. The Morgan fingerprint density at radius 2 is 2.04 bits per heavy atom. The van der Waals surface area contributed by atoms with Crippen molar-refractivity contribution in [1.29, 1.82) is 0 Å². The van der Waals surface area contributed by atoms with Crippen LogP contribution in [0.2, 0.25) is 0 Å².